The fraction of sp³-hybridized carbons (Fsp3) is 0.351. The first-order valence-electron chi connectivity index (χ1n) is 15.5. The van der Waals surface area contributed by atoms with Crippen LogP contribution in [0.2, 0.25) is 0 Å². The fourth-order valence-electron chi connectivity index (χ4n) is 6.11. The Balaban J connectivity index is 1.12. The molecule has 2 heterocycles. The molecule has 2 fully saturated rings. The molecule has 4 aromatic carbocycles. The summed E-state index contributed by atoms with van der Waals surface area (Å²) in [6.45, 7) is 3.13. The van der Waals surface area contributed by atoms with Crippen LogP contribution < -0.4 is 9.47 Å². The van der Waals surface area contributed by atoms with E-state index in [4.69, 9.17) is 28.4 Å². The molecule has 0 spiro atoms. The molecule has 0 bridgehead atoms. The number of aliphatic hydroxyl groups excluding tert-OH is 2. The smallest absolute Gasteiger partial charge is 0.119 e. The topological polar surface area (TPSA) is 102 Å². The summed E-state index contributed by atoms with van der Waals surface area (Å²) in [5, 5.41) is 20.6. The number of fused-ring (bicyclic) bond motifs is 3. The maximum absolute atomic E-state index is 10.3. The number of ether oxygens (including phenoxy) is 6. The number of hydrogen-bond donors (Lipinski definition) is 2. The van der Waals surface area contributed by atoms with Crippen LogP contribution in [0, 0.1) is 0 Å². The quantitative estimate of drug-likeness (QED) is 0.159. The van der Waals surface area contributed by atoms with Gasteiger partial charge in [0.15, 0.2) is 0 Å². The SMILES string of the molecule is OC(COCC1CO1)COc1ccc(C2(c3ccc(OCC(O)COCC4CO4)cc3)c3ccccc3-c3ccccc32)cc1. The first kappa shape index (κ1) is 29.9. The average Bonchev–Trinajstić information content (AvgIpc) is 4.02. The van der Waals surface area contributed by atoms with Crippen LogP contribution in [0.15, 0.2) is 97.1 Å². The van der Waals surface area contributed by atoms with Gasteiger partial charge in [-0.3, -0.25) is 0 Å². The summed E-state index contributed by atoms with van der Waals surface area (Å²) in [5.74, 6) is 1.35. The number of hydrogen-bond acceptors (Lipinski definition) is 8. The van der Waals surface area contributed by atoms with Crippen LogP contribution in [0.3, 0.4) is 0 Å². The van der Waals surface area contributed by atoms with Crippen LogP contribution in [0.5, 0.6) is 11.5 Å². The van der Waals surface area contributed by atoms with E-state index in [1.807, 2.05) is 24.3 Å². The minimum absolute atomic E-state index is 0.138. The number of rotatable bonds is 16. The second-order valence-electron chi connectivity index (χ2n) is 11.8. The van der Waals surface area contributed by atoms with Gasteiger partial charge in [-0.15, -0.1) is 0 Å². The van der Waals surface area contributed by atoms with Crippen LogP contribution in [0.4, 0.5) is 0 Å². The van der Waals surface area contributed by atoms with Gasteiger partial charge in [0.05, 0.1) is 45.1 Å². The molecular formula is C37H38O8. The molecule has 4 atom stereocenters. The molecule has 2 N–H and O–H groups in total. The Kier molecular flexibility index (Phi) is 8.85. The first-order chi connectivity index (χ1) is 22.1. The van der Waals surface area contributed by atoms with Crippen LogP contribution in [0.25, 0.3) is 11.1 Å². The lowest BCUT2D eigenvalue weighted by atomic mass is 9.68. The van der Waals surface area contributed by atoms with Gasteiger partial charge in [-0.2, -0.15) is 0 Å². The maximum atomic E-state index is 10.3. The molecule has 0 saturated carbocycles. The van der Waals surface area contributed by atoms with E-state index in [1.54, 1.807) is 0 Å². The molecule has 3 aliphatic rings. The average molecular weight is 611 g/mol. The number of aliphatic hydroxyl groups is 2. The van der Waals surface area contributed by atoms with Gasteiger partial charge in [-0.25, -0.2) is 0 Å². The van der Waals surface area contributed by atoms with Gasteiger partial charge in [0.1, 0.15) is 49.1 Å². The highest BCUT2D eigenvalue weighted by molar-refractivity contribution is 5.86. The predicted molar refractivity (Wildman–Crippen MR) is 168 cm³/mol. The summed E-state index contributed by atoms with van der Waals surface area (Å²) in [6.07, 6.45) is -1.12. The third-order valence-electron chi connectivity index (χ3n) is 8.44. The zero-order chi connectivity index (χ0) is 30.6. The van der Waals surface area contributed by atoms with E-state index in [0.717, 1.165) is 24.3 Å². The molecule has 8 nitrogen and oxygen atoms in total. The minimum Gasteiger partial charge on any atom is -0.491 e. The summed E-state index contributed by atoms with van der Waals surface area (Å²) in [4.78, 5) is 0. The van der Waals surface area contributed by atoms with Gasteiger partial charge in [-0.1, -0.05) is 72.8 Å². The van der Waals surface area contributed by atoms with Crippen molar-refractivity contribution in [1.82, 2.24) is 0 Å². The summed E-state index contributed by atoms with van der Waals surface area (Å²) in [6, 6.07) is 33.4. The second-order valence-corrected chi connectivity index (χ2v) is 11.8. The summed E-state index contributed by atoms with van der Waals surface area (Å²) >= 11 is 0. The molecule has 0 radical (unpaired) electrons. The Hall–Kier alpha value is -3.76. The van der Waals surface area contributed by atoms with E-state index in [1.165, 1.54) is 22.3 Å². The van der Waals surface area contributed by atoms with Crippen molar-refractivity contribution in [3.05, 3.63) is 119 Å². The lowest BCUT2D eigenvalue weighted by Crippen LogP contribution is -2.28. The molecule has 0 aromatic heterocycles. The molecule has 4 unspecified atom stereocenters. The lowest BCUT2D eigenvalue weighted by Gasteiger charge is -2.34. The highest BCUT2D eigenvalue weighted by Crippen LogP contribution is 2.56. The van der Waals surface area contributed by atoms with Crippen molar-refractivity contribution in [2.75, 3.05) is 52.9 Å². The molecule has 2 saturated heterocycles. The lowest BCUT2D eigenvalue weighted by molar-refractivity contribution is 0.00759. The summed E-state index contributed by atoms with van der Waals surface area (Å²) in [5.41, 5.74) is 6.44. The predicted octanol–water partition coefficient (Wildman–Crippen LogP) is 4.36. The molecule has 4 aromatic rings. The molecule has 234 valence electrons. The van der Waals surface area contributed by atoms with Crippen LogP contribution >= 0.6 is 0 Å². The molecule has 2 aliphatic heterocycles. The van der Waals surface area contributed by atoms with Gasteiger partial charge in [0.2, 0.25) is 0 Å². The summed E-state index contributed by atoms with van der Waals surface area (Å²) in [7, 11) is 0. The highest BCUT2D eigenvalue weighted by Gasteiger charge is 2.45. The van der Waals surface area contributed by atoms with E-state index < -0.39 is 17.6 Å². The van der Waals surface area contributed by atoms with E-state index >= 15 is 0 Å². The van der Waals surface area contributed by atoms with Gasteiger partial charge in [0, 0.05) is 0 Å². The second kappa shape index (κ2) is 13.3. The third kappa shape index (κ3) is 6.63. The van der Waals surface area contributed by atoms with Gasteiger partial charge >= 0.3 is 0 Å². The van der Waals surface area contributed by atoms with Crippen LogP contribution in [-0.4, -0.2) is 87.5 Å². The van der Waals surface area contributed by atoms with Crippen molar-refractivity contribution < 1.29 is 38.6 Å². The molecule has 45 heavy (non-hydrogen) atoms. The molecule has 7 rings (SSSR count). The number of epoxide rings is 2. The Morgan fingerprint density at radius 2 is 0.978 bits per heavy atom. The zero-order valence-corrected chi connectivity index (χ0v) is 25.0. The van der Waals surface area contributed by atoms with E-state index in [9.17, 15) is 10.2 Å². The van der Waals surface area contributed by atoms with Crippen molar-refractivity contribution in [3.63, 3.8) is 0 Å². The van der Waals surface area contributed by atoms with Crippen molar-refractivity contribution in [3.8, 4) is 22.6 Å². The van der Waals surface area contributed by atoms with Crippen LogP contribution in [0.1, 0.15) is 22.3 Å². The van der Waals surface area contributed by atoms with E-state index in [2.05, 4.69) is 72.8 Å². The van der Waals surface area contributed by atoms with E-state index in [-0.39, 0.29) is 38.6 Å². The van der Waals surface area contributed by atoms with Gasteiger partial charge < -0.3 is 38.6 Å². The Morgan fingerprint density at radius 3 is 1.38 bits per heavy atom. The minimum atomic E-state index is -0.727. The Bertz CT molecular complexity index is 1440. The Labute approximate surface area is 263 Å². The van der Waals surface area contributed by atoms with Crippen molar-refractivity contribution in [1.29, 1.82) is 0 Å². The van der Waals surface area contributed by atoms with Crippen LogP contribution in [-0.2, 0) is 24.4 Å². The highest BCUT2D eigenvalue weighted by atomic mass is 16.6. The summed E-state index contributed by atoms with van der Waals surface area (Å²) < 4.78 is 33.1. The van der Waals surface area contributed by atoms with Crippen molar-refractivity contribution >= 4 is 0 Å². The number of benzene rings is 4. The fourth-order valence-corrected chi connectivity index (χ4v) is 6.11. The Morgan fingerprint density at radius 1 is 0.578 bits per heavy atom. The normalized spacial score (nSPS) is 20.1. The zero-order valence-electron chi connectivity index (χ0n) is 25.0. The standard InChI is InChI=1S/C37H38O8/c38-27(17-40-21-31-23-44-31)19-42-29-13-9-25(10-14-29)37(35-7-3-1-5-33(35)34-6-2-4-8-36(34)37)26-11-15-30(16-12-26)43-20-28(39)18-41-22-32-24-45-32/h1-16,27-28,31-32,38-39H,17-24H2. The molecule has 0 amide bonds. The largest absolute Gasteiger partial charge is 0.491 e. The monoisotopic (exact) mass is 610 g/mol. The maximum Gasteiger partial charge on any atom is 0.119 e. The van der Waals surface area contributed by atoms with Gasteiger partial charge in [0.25, 0.3) is 0 Å². The van der Waals surface area contributed by atoms with Crippen molar-refractivity contribution in [2.24, 2.45) is 0 Å². The molecule has 1 aliphatic carbocycles. The van der Waals surface area contributed by atoms with Gasteiger partial charge in [-0.05, 0) is 57.6 Å². The molecular weight excluding hydrogens is 572 g/mol. The molecule has 8 heteroatoms. The first-order valence-corrected chi connectivity index (χ1v) is 15.5. The van der Waals surface area contributed by atoms with Crippen molar-refractivity contribution in [2.45, 2.75) is 29.8 Å². The third-order valence-corrected chi connectivity index (χ3v) is 8.44. The van der Waals surface area contributed by atoms with E-state index in [0.29, 0.717) is 24.7 Å².